The fourth-order valence-corrected chi connectivity index (χ4v) is 4.28. The van der Waals surface area contributed by atoms with Gasteiger partial charge in [-0.05, 0) is 35.2 Å². The number of esters is 1. The molecule has 0 bridgehead atoms. The van der Waals surface area contributed by atoms with Gasteiger partial charge in [-0.3, -0.25) is 0 Å². The lowest BCUT2D eigenvalue weighted by Crippen LogP contribution is -2.31. The zero-order valence-corrected chi connectivity index (χ0v) is 19.2. The molecule has 0 unspecified atom stereocenters. The van der Waals surface area contributed by atoms with Crippen LogP contribution in [0.4, 0.5) is 0 Å². The van der Waals surface area contributed by atoms with Crippen molar-refractivity contribution in [3.8, 4) is 11.5 Å². The summed E-state index contributed by atoms with van der Waals surface area (Å²) < 4.78 is 16.3. The molecule has 0 aliphatic rings. The summed E-state index contributed by atoms with van der Waals surface area (Å²) in [7, 11) is 1.34. The van der Waals surface area contributed by atoms with Gasteiger partial charge in [0.15, 0.2) is 6.61 Å². The number of hydrogen-bond donors (Lipinski definition) is 0. The third kappa shape index (κ3) is 5.29. The van der Waals surface area contributed by atoms with E-state index in [1.165, 1.54) is 23.8 Å². The SMILES string of the molecule is COC(=O)COc1cccc(OCCC(c2ccccc2)(c2ccccc2)c2ccccc2)c1. The van der Waals surface area contributed by atoms with Crippen LogP contribution in [0, 0.1) is 0 Å². The topological polar surface area (TPSA) is 44.8 Å². The van der Waals surface area contributed by atoms with E-state index in [-0.39, 0.29) is 12.0 Å². The van der Waals surface area contributed by atoms with Crippen molar-refractivity contribution in [1.29, 1.82) is 0 Å². The first-order valence-corrected chi connectivity index (χ1v) is 11.3. The molecule has 0 aromatic heterocycles. The molecule has 34 heavy (non-hydrogen) atoms. The van der Waals surface area contributed by atoms with Crippen LogP contribution in [0.2, 0.25) is 0 Å². The number of benzene rings is 4. The first-order valence-electron chi connectivity index (χ1n) is 11.3. The minimum absolute atomic E-state index is 0.140. The van der Waals surface area contributed by atoms with Crippen molar-refractivity contribution >= 4 is 5.97 Å². The van der Waals surface area contributed by atoms with Gasteiger partial charge in [0, 0.05) is 11.5 Å². The third-order valence-corrected chi connectivity index (χ3v) is 5.94. The van der Waals surface area contributed by atoms with Crippen LogP contribution < -0.4 is 9.47 Å². The maximum atomic E-state index is 11.4. The fourth-order valence-electron chi connectivity index (χ4n) is 4.28. The second kappa shape index (κ2) is 11.2. The molecule has 0 saturated heterocycles. The van der Waals surface area contributed by atoms with Crippen LogP contribution in [-0.2, 0) is 14.9 Å². The van der Waals surface area contributed by atoms with Crippen molar-refractivity contribution < 1.29 is 19.0 Å². The van der Waals surface area contributed by atoms with Crippen LogP contribution >= 0.6 is 0 Å². The van der Waals surface area contributed by atoms with Gasteiger partial charge in [0.05, 0.1) is 13.7 Å². The van der Waals surface area contributed by atoms with Gasteiger partial charge in [-0.15, -0.1) is 0 Å². The van der Waals surface area contributed by atoms with Crippen molar-refractivity contribution in [2.75, 3.05) is 20.3 Å². The van der Waals surface area contributed by atoms with E-state index in [1.54, 1.807) is 12.1 Å². The van der Waals surface area contributed by atoms with Gasteiger partial charge in [-0.1, -0.05) is 97.1 Å². The first kappa shape index (κ1) is 23.1. The number of carbonyl (C=O) groups is 1. The van der Waals surface area contributed by atoms with Crippen molar-refractivity contribution in [2.24, 2.45) is 0 Å². The highest BCUT2D eigenvalue weighted by Crippen LogP contribution is 2.42. The summed E-state index contributed by atoms with van der Waals surface area (Å²) in [5.74, 6) is 0.818. The molecule has 172 valence electrons. The summed E-state index contributed by atoms with van der Waals surface area (Å²) in [4.78, 5) is 11.4. The maximum Gasteiger partial charge on any atom is 0.343 e. The molecule has 0 aliphatic carbocycles. The second-order valence-corrected chi connectivity index (χ2v) is 7.94. The predicted molar refractivity (Wildman–Crippen MR) is 133 cm³/mol. The Morgan fingerprint density at radius 2 is 1.12 bits per heavy atom. The second-order valence-electron chi connectivity index (χ2n) is 7.94. The average molecular weight is 453 g/mol. The summed E-state index contributed by atoms with van der Waals surface area (Å²) in [6.45, 7) is 0.345. The molecule has 4 nitrogen and oxygen atoms in total. The van der Waals surface area contributed by atoms with Crippen LogP contribution in [0.25, 0.3) is 0 Å². The van der Waals surface area contributed by atoms with E-state index in [0.29, 0.717) is 18.1 Å². The van der Waals surface area contributed by atoms with Crippen LogP contribution in [0.5, 0.6) is 11.5 Å². The first-order chi connectivity index (χ1) is 16.7. The van der Waals surface area contributed by atoms with Crippen molar-refractivity contribution in [2.45, 2.75) is 11.8 Å². The standard InChI is InChI=1S/C30H28O4/c1-32-29(31)23-34-28-19-11-18-27(22-28)33-21-20-30(24-12-5-2-6-13-24,25-14-7-3-8-15-25)26-16-9-4-10-17-26/h2-19,22H,20-21,23H2,1H3. The molecule has 0 radical (unpaired) electrons. The molecule has 4 aromatic rings. The molecule has 0 fully saturated rings. The van der Waals surface area contributed by atoms with Gasteiger partial charge in [-0.2, -0.15) is 0 Å². The molecule has 0 amide bonds. The quantitative estimate of drug-likeness (QED) is 0.217. The Morgan fingerprint density at radius 1 is 0.647 bits per heavy atom. The Hall–Kier alpha value is -4.05. The maximum absolute atomic E-state index is 11.4. The molecule has 4 heteroatoms. The third-order valence-electron chi connectivity index (χ3n) is 5.94. The van der Waals surface area contributed by atoms with Gasteiger partial charge in [0.2, 0.25) is 0 Å². The van der Waals surface area contributed by atoms with Gasteiger partial charge in [0.25, 0.3) is 0 Å². The summed E-state index contributed by atoms with van der Waals surface area (Å²) >= 11 is 0. The van der Waals surface area contributed by atoms with Crippen LogP contribution in [0.3, 0.4) is 0 Å². The van der Waals surface area contributed by atoms with E-state index >= 15 is 0 Å². The summed E-state index contributed by atoms with van der Waals surface area (Å²) in [5, 5.41) is 0. The van der Waals surface area contributed by atoms with Gasteiger partial charge < -0.3 is 14.2 Å². The lowest BCUT2D eigenvalue weighted by Gasteiger charge is -2.36. The van der Waals surface area contributed by atoms with Crippen LogP contribution in [0.15, 0.2) is 115 Å². The number of methoxy groups -OCH3 is 1. The Labute approximate surface area is 200 Å². The molecule has 0 aliphatic heterocycles. The van der Waals surface area contributed by atoms with Crippen LogP contribution in [-0.4, -0.2) is 26.3 Å². The van der Waals surface area contributed by atoms with E-state index in [1.807, 2.05) is 30.3 Å². The fraction of sp³-hybridized carbons (Fsp3) is 0.167. The molecule has 0 saturated carbocycles. The summed E-state index contributed by atoms with van der Waals surface area (Å²) in [6.07, 6.45) is 0.734. The highest BCUT2D eigenvalue weighted by molar-refractivity contribution is 5.70. The number of carbonyl (C=O) groups excluding carboxylic acids is 1. The van der Waals surface area contributed by atoms with Gasteiger partial charge in [-0.25, -0.2) is 4.79 Å². The Kier molecular flexibility index (Phi) is 7.61. The Balaban J connectivity index is 1.62. The lowest BCUT2D eigenvalue weighted by molar-refractivity contribution is -0.142. The van der Waals surface area contributed by atoms with Gasteiger partial charge in [0.1, 0.15) is 11.5 Å². The molecule has 0 heterocycles. The largest absolute Gasteiger partial charge is 0.493 e. The highest BCUT2D eigenvalue weighted by Gasteiger charge is 2.36. The number of rotatable bonds is 10. The van der Waals surface area contributed by atoms with Crippen molar-refractivity contribution in [3.05, 3.63) is 132 Å². The zero-order valence-electron chi connectivity index (χ0n) is 19.2. The normalized spacial score (nSPS) is 11.0. The molecule has 4 rings (SSSR count). The Bertz CT molecular complexity index is 1080. The predicted octanol–water partition coefficient (Wildman–Crippen LogP) is 6.04. The van der Waals surface area contributed by atoms with E-state index in [9.17, 15) is 4.79 Å². The summed E-state index contributed by atoms with van der Waals surface area (Å²) in [5.41, 5.74) is 3.27. The number of ether oxygens (including phenoxy) is 3. The van der Waals surface area contributed by atoms with Crippen molar-refractivity contribution in [1.82, 2.24) is 0 Å². The monoisotopic (exact) mass is 452 g/mol. The molecular weight excluding hydrogens is 424 g/mol. The zero-order chi connectivity index (χ0) is 23.6. The molecule has 0 spiro atoms. The Morgan fingerprint density at radius 3 is 1.59 bits per heavy atom. The molecule has 0 atom stereocenters. The average Bonchev–Trinajstić information content (AvgIpc) is 2.91. The lowest BCUT2D eigenvalue weighted by atomic mass is 9.67. The van der Waals surface area contributed by atoms with E-state index in [4.69, 9.17) is 9.47 Å². The van der Waals surface area contributed by atoms with E-state index in [0.717, 1.165) is 6.42 Å². The van der Waals surface area contributed by atoms with E-state index in [2.05, 4.69) is 77.5 Å². The minimum Gasteiger partial charge on any atom is -0.493 e. The van der Waals surface area contributed by atoms with E-state index < -0.39 is 5.97 Å². The molecule has 4 aromatic carbocycles. The highest BCUT2D eigenvalue weighted by atomic mass is 16.6. The van der Waals surface area contributed by atoms with Crippen LogP contribution in [0.1, 0.15) is 23.1 Å². The summed E-state index contributed by atoms with van der Waals surface area (Å²) in [6, 6.07) is 39.0. The minimum atomic E-state index is -0.426. The molecular formula is C30H28O4. The molecule has 0 N–H and O–H groups in total. The number of hydrogen-bond acceptors (Lipinski definition) is 4. The smallest absolute Gasteiger partial charge is 0.343 e. The van der Waals surface area contributed by atoms with Gasteiger partial charge >= 0.3 is 5.97 Å². The van der Waals surface area contributed by atoms with Crippen molar-refractivity contribution in [3.63, 3.8) is 0 Å².